The van der Waals surface area contributed by atoms with E-state index in [-0.39, 0.29) is 5.56 Å². The summed E-state index contributed by atoms with van der Waals surface area (Å²) >= 11 is 0.419. The molecule has 2 N–H and O–H groups in total. The Hall–Kier alpha value is -2.15. The molecular formula is C14H12F2N2O2S. The minimum absolute atomic E-state index is 0.0870. The predicted molar refractivity (Wildman–Crippen MR) is 77.5 cm³/mol. The van der Waals surface area contributed by atoms with Gasteiger partial charge in [-0.05, 0) is 31.2 Å². The highest BCUT2D eigenvalue weighted by atomic mass is 32.2. The fourth-order valence-electron chi connectivity index (χ4n) is 1.76. The zero-order valence-electron chi connectivity index (χ0n) is 11.0. The Labute approximate surface area is 124 Å². The van der Waals surface area contributed by atoms with Gasteiger partial charge in [0.25, 0.3) is 5.76 Å². The van der Waals surface area contributed by atoms with Crippen molar-refractivity contribution in [3.8, 4) is 0 Å². The van der Waals surface area contributed by atoms with Crippen molar-refractivity contribution in [2.24, 2.45) is 0 Å². The fraction of sp³-hybridized carbons (Fsp3) is 0.143. The molecule has 1 heterocycles. The molecule has 0 radical (unpaired) electrons. The van der Waals surface area contributed by atoms with Crippen LogP contribution in [0.1, 0.15) is 16.1 Å². The summed E-state index contributed by atoms with van der Waals surface area (Å²) in [7, 11) is 0. The number of carboxylic acid groups (broad SMARTS) is 1. The number of nitrogens with zero attached hydrogens (tertiary/aromatic N) is 1. The highest BCUT2D eigenvalue weighted by molar-refractivity contribution is 7.99. The zero-order valence-corrected chi connectivity index (χ0v) is 11.8. The molecule has 0 saturated heterocycles. The molecule has 2 rings (SSSR count). The lowest BCUT2D eigenvalue weighted by Crippen LogP contribution is -2.02. The Morgan fingerprint density at radius 1 is 1.33 bits per heavy atom. The number of hydrogen-bond acceptors (Lipinski definition) is 4. The largest absolute Gasteiger partial charge is 0.478 e. The van der Waals surface area contributed by atoms with Crippen LogP contribution in [0.25, 0.3) is 0 Å². The molecule has 1 aromatic carbocycles. The monoisotopic (exact) mass is 310 g/mol. The van der Waals surface area contributed by atoms with Crippen LogP contribution in [0.2, 0.25) is 0 Å². The van der Waals surface area contributed by atoms with Crippen molar-refractivity contribution in [2.75, 3.05) is 5.32 Å². The first-order valence-electron chi connectivity index (χ1n) is 5.98. The summed E-state index contributed by atoms with van der Waals surface area (Å²) in [5.41, 5.74) is 1.07. The quantitative estimate of drug-likeness (QED) is 0.812. The molecule has 0 amide bonds. The number of para-hydroxylation sites is 1. The van der Waals surface area contributed by atoms with Crippen LogP contribution in [-0.4, -0.2) is 21.8 Å². The highest BCUT2D eigenvalue weighted by Crippen LogP contribution is 2.33. The average Bonchev–Trinajstić information content (AvgIpc) is 2.39. The third-order valence-corrected chi connectivity index (χ3v) is 3.35. The zero-order chi connectivity index (χ0) is 15.4. The highest BCUT2D eigenvalue weighted by Gasteiger charge is 2.11. The Balaban J connectivity index is 2.32. The summed E-state index contributed by atoms with van der Waals surface area (Å²) in [5, 5.41) is 11.9. The van der Waals surface area contributed by atoms with Crippen LogP contribution in [0.4, 0.5) is 20.3 Å². The van der Waals surface area contributed by atoms with Gasteiger partial charge < -0.3 is 10.4 Å². The summed E-state index contributed by atoms with van der Waals surface area (Å²) < 4.78 is 25.0. The van der Waals surface area contributed by atoms with Gasteiger partial charge in [-0.1, -0.05) is 23.9 Å². The predicted octanol–water partition coefficient (Wildman–Crippen LogP) is 4.15. The van der Waals surface area contributed by atoms with Gasteiger partial charge in [-0.15, -0.1) is 0 Å². The number of aromatic nitrogens is 1. The molecule has 4 nitrogen and oxygen atoms in total. The van der Waals surface area contributed by atoms with Crippen molar-refractivity contribution in [1.82, 2.24) is 4.98 Å². The first-order valence-corrected chi connectivity index (χ1v) is 6.86. The van der Waals surface area contributed by atoms with Crippen LogP contribution in [0.3, 0.4) is 0 Å². The van der Waals surface area contributed by atoms with Crippen molar-refractivity contribution < 1.29 is 18.7 Å². The number of thioether (sulfide) groups is 1. The molecule has 110 valence electrons. The van der Waals surface area contributed by atoms with E-state index in [1.165, 1.54) is 12.1 Å². The lowest BCUT2D eigenvalue weighted by atomic mass is 10.2. The molecule has 0 aliphatic carbocycles. The third kappa shape index (κ3) is 4.16. The number of pyridine rings is 1. The van der Waals surface area contributed by atoms with Gasteiger partial charge in [0, 0.05) is 10.6 Å². The Kier molecular flexibility index (Phi) is 4.74. The second-order valence-electron chi connectivity index (χ2n) is 4.19. The van der Waals surface area contributed by atoms with Crippen LogP contribution < -0.4 is 5.32 Å². The second-order valence-corrected chi connectivity index (χ2v) is 5.22. The maximum absolute atomic E-state index is 12.5. The summed E-state index contributed by atoms with van der Waals surface area (Å²) in [6, 6.07) is 9.35. The van der Waals surface area contributed by atoms with Crippen molar-refractivity contribution in [2.45, 2.75) is 17.6 Å². The number of benzene rings is 1. The van der Waals surface area contributed by atoms with Gasteiger partial charge in [0.05, 0.1) is 11.3 Å². The van der Waals surface area contributed by atoms with Gasteiger partial charge in [-0.2, -0.15) is 8.78 Å². The summed E-state index contributed by atoms with van der Waals surface area (Å²) in [4.78, 5) is 15.5. The number of aryl methyl sites for hydroxylation is 1. The van der Waals surface area contributed by atoms with Gasteiger partial charge in [-0.3, -0.25) is 0 Å². The van der Waals surface area contributed by atoms with E-state index in [2.05, 4.69) is 10.3 Å². The molecule has 0 aliphatic heterocycles. The lowest BCUT2D eigenvalue weighted by Gasteiger charge is -2.11. The third-order valence-electron chi connectivity index (χ3n) is 2.57. The van der Waals surface area contributed by atoms with E-state index in [0.29, 0.717) is 33.9 Å². The molecular weight excluding hydrogens is 298 g/mol. The van der Waals surface area contributed by atoms with E-state index in [9.17, 15) is 13.6 Å². The summed E-state index contributed by atoms with van der Waals surface area (Å²) in [5.74, 6) is -3.30. The van der Waals surface area contributed by atoms with Gasteiger partial charge >= 0.3 is 5.97 Å². The SMILES string of the molecule is Cc1cc(C(=O)O)cc(Nc2ccccc2SC(F)F)n1. The number of carbonyl (C=O) groups is 1. The molecule has 2 aromatic rings. The van der Waals surface area contributed by atoms with Crippen LogP contribution in [0, 0.1) is 6.92 Å². The van der Waals surface area contributed by atoms with Crippen molar-refractivity contribution in [1.29, 1.82) is 0 Å². The molecule has 0 unspecified atom stereocenters. The molecule has 0 bridgehead atoms. The number of hydrogen-bond donors (Lipinski definition) is 2. The van der Waals surface area contributed by atoms with Crippen LogP contribution >= 0.6 is 11.8 Å². The number of anilines is 2. The maximum Gasteiger partial charge on any atom is 0.335 e. The average molecular weight is 310 g/mol. The number of aromatic carboxylic acids is 1. The van der Waals surface area contributed by atoms with Crippen molar-refractivity contribution >= 4 is 29.2 Å². The number of carboxylic acids is 1. The number of rotatable bonds is 5. The molecule has 0 spiro atoms. The maximum atomic E-state index is 12.5. The minimum Gasteiger partial charge on any atom is -0.478 e. The van der Waals surface area contributed by atoms with Crippen LogP contribution in [0.15, 0.2) is 41.3 Å². The lowest BCUT2D eigenvalue weighted by molar-refractivity contribution is 0.0696. The number of alkyl halides is 2. The van der Waals surface area contributed by atoms with Crippen LogP contribution in [-0.2, 0) is 0 Å². The Morgan fingerprint density at radius 3 is 2.71 bits per heavy atom. The van der Waals surface area contributed by atoms with Gasteiger partial charge in [0.15, 0.2) is 0 Å². The Bertz CT molecular complexity index is 665. The second kappa shape index (κ2) is 6.53. The van der Waals surface area contributed by atoms with Gasteiger partial charge in [0.1, 0.15) is 5.82 Å². The fourth-order valence-corrected chi connectivity index (χ4v) is 2.36. The normalized spacial score (nSPS) is 10.7. The molecule has 1 aromatic heterocycles. The summed E-state index contributed by atoms with van der Waals surface area (Å²) in [6.07, 6.45) is 0. The van der Waals surface area contributed by atoms with Crippen molar-refractivity contribution in [3.05, 3.63) is 47.7 Å². The van der Waals surface area contributed by atoms with Crippen LogP contribution in [0.5, 0.6) is 0 Å². The molecule has 0 aliphatic rings. The topological polar surface area (TPSA) is 62.2 Å². The Morgan fingerprint density at radius 2 is 2.05 bits per heavy atom. The van der Waals surface area contributed by atoms with E-state index in [4.69, 9.17) is 5.11 Å². The molecule has 21 heavy (non-hydrogen) atoms. The molecule has 0 atom stereocenters. The van der Waals surface area contributed by atoms with Gasteiger partial charge in [-0.25, -0.2) is 9.78 Å². The molecule has 7 heteroatoms. The van der Waals surface area contributed by atoms with E-state index in [1.54, 1.807) is 31.2 Å². The van der Waals surface area contributed by atoms with E-state index >= 15 is 0 Å². The number of halogens is 2. The minimum atomic E-state index is -2.53. The van der Waals surface area contributed by atoms with E-state index < -0.39 is 11.7 Å². The standard InChI is InChI=1S/C14H12F2N2O2S/c1-8-6-9(13(19)20)7-12(17-8)18-10-4-2-3-5-11(10)21-14(15)16/h2-7,14H,1H3,(H,17,18)(H,19,20). The van der Waals surface area contributed by atoms with E-state index in [1.807, 2.05) is 0 Å². The summed E-state index contributed by atoms with van der Waals surface area (Å²) in [6.45, 7) is 1.66. The molecule has 0 fully saturated rings. The first kappa shape index (κ1) is 15.2. The van der Waals surface area contributed by atoms with Crippen molar-refractivity contribution in [3.63, 3.8) is 0 Å². The smallest absolute Gasteiger partial charge is 0.335 e. The number of nitrogens with one attached hydrogen (secondary N) is 1. The van der Waals surface area contributed by atoms with E-state index in [0.717, 1.165) is 0 Å². The van der Waals surface area contributed by atoms with Gasteiger partial charge in [0.2, 0.25) is 0 Å². The first-order chi connectivity index (χ1) is 9.95. The molecule has 0 saturated carbocycles.